The van der Waals surface area contributed by atoms with Gasteiger partial charge in [-0.05, 0) is 18.2 Å². The molecule has 1 atom stereocenters. The first-order valence-corrected chi connectivity index (χ1v) is 6.35. The van der Waals surface area contributed by atoms with Gasteiger partial charge in [-0.2, -0.15) is 0 Å². The van der Waals surface area contributed by atoms with Crippen LogP contribution in [0, 0.1) is 11.6 Å². The first-order chi connectivity index (χ1) is 9.70. The Morgan fingerprint density at radius 1 is 1.20 bits per heavy atom. The lowest BCUT2D eigenvalue weighted by atomic mass is 10.1. The normalized spacial score (nSPS) is 17.8. The summed E-state index contributed by atoms with van der Waals surface area (Å²) in [6.07, 6.45) is 0.181. The van der Waals surface area contributed by atoms with Crippen molar-refractivity contribution in [2.24, 2.45) is 0 Å². The van der Waals surface area contributed by atoms with Gasteiger partial charge in [0.1, 0.15) is 30.1 Å². The van der Waals surface area contributed by atoms with Gasteiger partial charge in [0, 0.05) is 22.9 Å². The van der Waals surface area contributed by atoms with Crippen LogP contribution in [0.4, 0.5) is 8.78 Å². The number of ether oxygens (including phenoxy) is 2. The lowest BCUT2D eigenvalue weighted by molar-refractivity contribution is 0.263. The summed E-state index contributed by atoms with van der Waals surface area (Å²) in [5.41, 5.74) is 1.03. The quantitative estimate of drug-likeness (QED) is 0.744. The van der Waals surface area contributed by atoms with Crippen LogP contribution in [0.1, 0.15) is 0 Å². The molecule has 102 valence electrons. The number of H-pyrrole nitrogens is 1. The van der Waals surface area contributed by atoms with Crippen molar-refractivity contribution in [2.45, 2.75) is 6.10 Å². The Morgan fingerprint density at radius 3 is 2.85 bits per heavy atom. The second kappa shape index (κ2) is 4.18. The average Bonchev–Trinajstić information content (AvgIpc) is 3.18. The number of rotatable bonds is 3. The van der Waals surface area contributed by atoms with Gasteiger partial charge >= 0.3 is 0 Å². The number of nitrogens with one attached hydrogen (secondary N) is 1. The lowest BCUT2D eigenvalue weighted by Gasteiger charge is -2.03. The van der Waals surface area contributed by atoms with Gasteiger partial charge < -0.3 is 14.5 Å². The Balaban J connectivity index is 1.81. The largest absolute Gasteiger partial charge is 0.491 e. The molecule has 1 saturated heterocycles. The predicted octanol–water partition coefficient (Wildman–Crippen LogP) is 3.38. The summed E-state index contributed by atoms with van der Waals surface area (Å²) in [5, 5.41) is 1.31. The van der Waals surface area contributed by atoms with Crippen LogP contribution in [0.3, 0.4) is 0 Å². The molecule has 1 aliphatic rings. The molecule has 0 saturated carbocycles. The number of epoxide rings is 1. The van der Waals surface area contributed by atoms with E-state index in [9.17, 15) is 8.78 Å². The number of aromatic nitrogens is 1. The highest BCUT2D eigenvalue weighted by Gasteiger charge is 2.23. The molecule has 2 aromatic carbocycles. The third-order valence-corrected chi connectivity index (χ3v) is 3.43. The van der Waals surface area contributed by atoms with Gasteiger partial charge in [-0.25, -0.2) is 8.78 Å². The molecule has 1 N–H and O–H groups in total. The molecule has 0 bridgehead atoms. The molecule has 3 aromatic rings. The fraction of sp³-hybridized carbons (Fsp3) is 0.200. The van der Waals surface area contributed by atoms with Gasteiger partial charge in [0.2, 0.25) is 0 Å². The van der Waals surface area contributed by atoms with Gasteiger partial charge in [0.15, 0.2) is 0 Å². The number of halogens is 2. The molecule has 20 heavy (non-hydrogen) atoms. The number of fused-ring (bicyclic) bond motifs is 3. The van der Waals surface area contributed by atoms with Crippen molar-refractivity contribution in [3.8, 4) is 5.75 Å². The smallest absolute Gasteiger partial charge is 0.150 e. The van der Waals surface area contributed by atoms with Crippen molar-refractivity contribution >= 4 is 21.8 Å². The molecule has 3 nitrogen and oxygen atoms in total. The molecule has 4 rings (SSSR count). The van der Waals surface area contributed by atoms with E-state index in [0.717, 1.165) is 23.6 Å². The predicted molar refractivity (Wildman–Crippen MR) is 71.0 cm³/mol. The topological polar surface area (TPSA) is 37.5 Å². The summed E-state index contributed by atoms with van der Waals surface area (Å²) in [6.45, 7) is 1.24. The van der Waals surface area contributed by atoms with E-state index < -0.39 is 11.6 Å². The Labute approximate surface area is 113 Å². The van der Waals surface area contributed by atoms with Gasteiger partial charge in [-0.3, -0.25) is 0 Å². The zero-order chi connectivity index (χ0) is 13.7. The standard InChI is InChI=1S/C15H11F2NO2/c16-8-3-12-11-2-1-9(19-6-10-7-20-10)5-14(11)18-15(12)13(17)4-8/h1-5,10,18H,6-7H2. The van der Waals surface area contributed by atoms with Crippen LogP contribution in [0.5, 0.6) is 5.75 Å². The van der Waals surface area contributed by atoms with Gasteiger partial charge in [0.25, 0.3) is 0 Å². The summed E-state index contributed by atoms with van der Waals surface area (Å²) in [7, 11) is 0. The minimum absolute atomic E-state index is 0.181. The fourth-order valence-electron chi connectivity index (χ4n) is 2.35. The molecule has 1 aromatic heterocycles. The van der Waals surface area contributed by atoms with Crippen LogP contribution in [0.25, 0.3) is 21.8 Å². The SMILES string of the molecule is Fc1cc(F)c2[nH]c3cc(OCC4CO4)ccc3c2c1. The molecule has 1 unspecified atom stereocenters. The van der Waals surface area contributed by atoms with E-state index in [4.69, 9.17) is 9.47 Å². The van der Waals surface area contributed by atoms with Crippen LogP contribution in [0.2, 0.25) is 0 Å². The van der Waals surface area contributed by atoms with Gasteiger partial charge in [0.05, 0.1) is 17.6 Å². The van der Waals surface area contributed by atoms with Crippen molar-refractivity contribution in [2.75, 3.05) is 13.2 Å². The summed E-state index contributed by atoms with van der Waals surface area (Å²) >= 11 is 0. The number of hydrogen-bond donors (Lipinski definition) is 1. The zero-order valence-electron chi connectivity index (χ0n) is 10.5. The Bertz CT molecular complexity index is 808. The Morgan fingerprint density at radius 2 is 2.05 bits per heavy atom. The molecule has 1 aliphatic heterocycles. The molecule has 5 heteroatoms. The lowest BCUT2D eigenvalue weighted by Crippen LogP contribution is -2.03. The van der Waals surface area contributed by atoms with Crippen LogP contribution in [0.15, 0.2) is 30.3 Å². The third-order valence-electron chi connectivity index (χ3n) is 3.43. The van der Waals surface area contributed by atoms with E-state index in [1.165, 1.54) is 6.07 Å². The first-order valence-electron chi connectivity index (χ1n) is 6.35. The number of aromatic amines is 1. The van der Waals surface area contributed by atoms with E-state index in [0.29, 0.717) is 23.3 Å². The maximum Gasteiger partial charge on any atom is 0.150 e. The van der Waals surface area contributed by atoms with Crippen molar-refractivity contribution in [3.63, 3.8) is 0 Å². The minimum Gasteiger partial charge on any atom is -0.491 e. The highest BCUT2D eigenvalue weighted by atomic mass is 19.1. The molecule has 0 aliphatic carbocycles. The summed E-state index contributed by atoms with van der Waals surface area (Å²) in [5.74, 6) is -0.493. The summed E-state index contributed by atoms with van der Waals surface area (Å²) in [6, 6.07) is 7.58. The van der Waals surface area contributed by atoms with E-state index >= 15 is 0 Å². The molecule has 0 amide bonds. The van der Waals surface area contributed by atoms with E-state index in [-0.39, 0.29) is 6.10 Å². The van der Waals surface area contributed by atoms with Gasteiger partial charge in [-0.15, -0.1) is 0 Å². The fourth-order valence-corrected chi connectivity index (χ4v) is 2.35. The molecule has 1 fully saturated rings. The van der Waals surface area contributed by atoms with Crippen molar-refractivity contribution in [1.82, 2.24) is 4.98 Å². The van der Waals surface area contributed by atoms with Gasteiger partial charge in [-0.1, -0.05) is 0 Å². The summed E-state index contributed by atoms with van der Waals surface area (Å²) in [4.78, 5) is 2.96. The second-order valence-corrected chi connectivity index (χ2v) is 4.91. The minimum atomic E-state index is -0.593. The zero-order valence-corrected chi connectivity index (χ0v) is 10.5. The van der Waals surface area contributed by atoms with Crippen molar-refractivity contribution in [3.05, 3.63) is 42.0 Å². The Hall–Kier alpha value is -2.14. The van der Waals surface area contributed by atoms with E-state index in [1.807, 2.05) is 0 Å². The number of hydrogen-bond acceptors (Lipinski definition) is 2. The average molecular weight is 275 g/mol. The second-order valence-electron chi connectivity index (χ2n) is 4.91. The van der Waals surface area contributed by atoms with Crippen molar-refractivity contribution < 1.29 is 18.3 Å². The summed E-state index contributed by atoms with van der Waals surface area (Å²) < 4.78 is 37.7. The maximum absolute atomic E-state index is 13.7. The first kappa shape index (κ1) is 11.7. The molecule has 0 radical (unpaired) electrons. The highest BCUT2D eigenvalue weighted by Crippen LogP contribution is 2.30. The number of benzene rings is 2. The molecule has 2 heterocycles. The molecule has 0 spiro atoms. The highest BCUT2D eigenvalue weighted by molar-refractivity contribution is 6.07. The van der Waals surface area contributed by atoms with Crippen LogP contribution < -0.4 is 4.74 Å². The van der Waals surface area contributed by atoms with Crippen LogP contribution in [-0.4, -0.2) is 24.3 Å². The van der Waals surface area contributed by atoms with E-state index in [1.54, 1.807) is 18.2 Å². The maximum atomic E-state index is 13.7. The third kappa shape index (κ3) is 1.91. The van der Waals surface area contributed by atoms with Crippen molar-refractivity contribution in [1.29, 1.82) is 0 Å². The van der Waals surface area contributed by atoms with Crippen LogP contribution >= 0.6 is 0 Å². The van der Waals surface area contributed by atoms with E-state index in [2.05, 4.69) is 4.98 Å². The Kier molecular flexibility index (Phi) is 2.44. The monoisotopic (exact) mass is 275 g/mol. The molecular formula is C15H11F2NO2. The molecular weight excluding hydrogens is 264 g/mol. The van der Waals surface area contributed by atoms with Crippen LogP contribution in [-0.2, 0) is 4.74 Å².